The number of aromatic nitrogens is 2. The van der Waals surface area contributed by atoms with Crippen molar-refractivity contribution >= 4 is 29.2 Å². The third-order valence-corrected chi connectivity index (χ3v) is 9.31. The van der Waals surface area contributed by atoms with Gasteiger partial charge in [0, 0.05) is 41.7 Å². The molecule has 1 aliphatic rings. The summed E-state index contributed by atoms with van der Waals surface area (Å²) in [7, 11) is 1.60. The minimum Gasteiger partial charge on any atom is -0.493 e. The van der Waals surface area contributed by atoms with Gasteiger partial charge in [-0.1, -0.05) is 58.0 Å². The van der Waals surface area contributed by atoms with Gasteiger partial charge in [-0.3, -0.25) is 14.4 Å². The number of amides is 1. The van der Waals surface area contributed by atoms with Crippen molar-refractivity contribution < 1.29 is 18.7 Å². The summed E-state index contributed by atoms with van der Waals surface area (Å²) in [6.07, 6.45) is 4.56. The standard InChI is InChI=1S/C36H41FN4O4/c1-24-17-31(44-6)32(19-29(24)38-20-27-13-10-16-40(27)23-42)45-22-36(4,5)35(2,3)21-41-30-15-14-26(37)18-28(30)33(39-34(41)43)25-11-8-7-9-12-25/h7-9,11-12,14-15,17-20,23,27H,10,13,16,21-22H2,1-6H3. The molecule has 0 saturated carbocycles. The van der Waals surface area contributed by atoms with Crippen LogP contribution in [0.4, 0.5) is 10.1 Å². The first-order chi connectivity index (χ1) is 21.4. The molecule has 0 spiro atoms. The first-order valence-electron chi connectivity index (χ1n) is 15.3. The molecule has 236 valence electrons. The van der Waals surface area contributed by atoms with Gasteiger partial charge in [0.1, 0.15) is 5.82 Å². The summed E-state index contributed by atoms with van der Waals surface area (Å²) in [5, 5.41) is 0.581. The van der Waals surface area contributed by atoms with Gasteiger partial charge < -0.3 is 14.4 Å². The number of nitrogens with zero attached hydrogens (tertiary/aromatic N) is 4. The quantitative estimate of drug-likeness (QED) is 0.135. The maximum atomic E-state index is 14.5. The molecule has 1 aromatic heterocycles. The van der Waals surface area contributed by atoms with E-state index in [2.05, 4.69) is 32.7 Å². The number of methoxy groups -OCH3 is 1. The number of benzene rings is 3. The molecule has 1 atom stereocenters. The lowest BCUT2D eigenvalue weighted by Gasteiger charge is -2.42. The lowest BCUT2D eigenvalue weighted by Crippen LogP contribution is -2.43. The van der Waals surface area contributed by atoms with Crippen LogP contribution in [0.15, 0.2) is 70.5 Å². The smallest absolute Gasteiger partial charge is 0.348 e. The summed E-state index contributed by atoms with van der Waals surface area (Å²) in [4.78, 5) is 35.8. The summed E-state index contributed by atoms with van der Waals surface area (Å²) in [5.74, 6) is 0.768. The Hall–Kier alpha value is -4.53. The van der Waals surface area contributed by atoms with Crippen molar-refractivity contribution in [2.75, 3.05) is 20.3 Å². The number of likely N-dealkylation sites (tertiary alicyclic amines) is 1. The lowest BCUT2D eigenvalue weighted by molar-refractivity contribution is -0.117. The average Bonchev–Trinajstić information content (AvgIpc) is 3.48. The molecule has 5 rings (SSSR count). The zero-order valence-electron chi connectivity index (χ0n) is 26.8. The van der Waals surface area contributed by atoms with E-state index in [4.69, 9.17) is 14.5 Å². The Morgan fingerprint density at radius 2 is 1.80 bits per heavy atom. The largest absolute Gasteiger partial charge is 0.493 e. The summed E-state index contributed by atoms with van der Waals surface area (Å²) >= 11 is 0. The van der Waals surface area contributed by atoms with Gasteiger partial charge in [-0.25, -0.2) is 9.18 Å². The highest BCUT2D eigenvalue weighted by atomic mass is 19.1. The summed E-state index contributed by atoms with van der Waals surface area (Å²) in [5.41, 5.74) is 2.22. The highest BCUT2D eigenvalue weighted by molar-refractivity contribution is 5.92. The Morgan fingerprint density at radius 3 is 2.51 bits per heavy atom. The number of aliphatic imine (C=N–C) groups is 1. The number of rotatable bonds is 11. The molecular formula is C36H41FN4O4. The molecule has 1 saturated heterocycles. The fourth-order valence-electron chi connectivity index (χ4n) is 5.62. The van der Waals surface area contributed by atoms with Gasteiger partial charge in [0.15, 0.2) is 11.5 Å². The average molecular weight is 613 g/mol. The van der Waals surface area contributed by atoms with E-state index in [-0.39, 0.29) is 11.9 Å². The molecule has 9 heteroatoms. The van der Waals surface area contributed by atoms with Gasteiger partial charge in [0.2, 0.25) is 6.41 Å². The predicted molar refractivity (Wildman–Crippen MR) is 176 cm³/mol. The van der Waals surface area contributed by atoms with Crippen LogP contribution in [0.5, 0.6) is 11.5 Å². The Bertz CT molecular complexity index is 1780. The second kappa shape index (κ2) is 12.8. The first-order valence-corrected chi connectivity index (χ1v) is 15.3. The van der Waals surface area contributed by atoms with Gasteiger partial charge in [-0.05, 0) is 55.0 Å². The van der Waals surface area contributed by atoms with E-state index in [0.717, 1.165) is 42.6 Å². The fraction of sp³-hybridized carbons (Fsp3) is 0.389. The monoisotopic (exact) mass is 612 g/mol. The molecule has 0 aliphatic carbocycles. The molecular weight excluding hydrogens is 571 g/mol. The van der Waals surface area contributed by atoms with Crippen molar-refractivity contribution in [2.45, 2.75) is 60.0 Å². The third kappa shape index (κ3) is 6.62. The summed E-state index contributed by atoms with van der Waals surface area (Å²) < 4.78 is 28.2. The van der Waals surface area contributed by atoms with Crippen LogP contribution >= 0.6 is 0 Å². The lowest BCUT2D eigenvalue weighted by atomic mass is 9.68. The Labute approximate surface area is 263 Å². The van der Waals surface area contributed by atoms with Crippen molar-refractivity contribution in [3.63, 3.8) is 0 Å². The summed E-state index contributed by atoms with van der Waals surface area (Å²) in [6, 6.07) is 17.6. The van der Waals surface area contributed by atoms with Crippen LogP contribution in [-0.2, 0) is 11.3 Å². The van der Waals surface area contributed by atoms with Crippen LogP contribution in [0, 0.1) is 23.6 Å². The van der Waals surface area contributed by atoms with E-state index in [9.17, 15) is 14.0 Å². The molecule has 3 aromatic carbocycles. The topological polar surface area (TPSA) is 86.0 Å². The molecule has 1 aliphatic heterocycles. The van der Waals surface area contributed by atoms with E-state index >= 15 is 0 Å². The molecule has 8 nitrogen and oxygen atoms in total. The molecule has 1 fully saturated rings. The van der Waals surface area contributed by atoms with Crippen molar-refractivity contribution in [3.8, 4) is 22.8 Å². The third-order valence-electron chi connectivity index (χ3n) is 9.31. The SMILES string of the molecule is COc1cc(C)c(N=CC2CCCN2C=O)cc1OCC(C)(C)C(C)(C)Cn1c(=O)nc(-c2ccccc2)c2cc(F)ccc21. The number of hydrogen-bond donors (Lipinski definition) is 0. The van der Waals surface area contributed by atoms with Crippen molar-refractivity contribution in [1.82, 2.24) is 14.5 Å². The van der Waals surface area contributed by atoms with Crippen molar-refractivity contribution in [1.29, 1.82) is 0 Å². The maximum absolute atomic E-state index is 14.5. The van der Waals surface area contributed by atoms with Crippen LogP contribution in [0.3, 0.4) is 0 Å². The molecule has 0 radical (unpaired) electrons. The number of carbonyl (C=O) groups is 1. The molecule has 0 bridgehead atoms. The first kappa shape index (κ1) is 31.9. The second-order valence-corrected chi connectivity index (χ2v) is 13.0. The Balaban J connectivity index is 1.41. The van der Waals surface area contributed by atoms with Crippen molar-refractivity contribution in [2.24, 2.45) is 15.8 Å². The van der Waals surface area contributed by atoms with E-state index in [1.807, 2.05) is 55.6 Å². The van der Waals surface area contributed by atoms with Crippen LogP contribution in [0.1, 0.15) is 46.1 Å². The number of aryl methyl sites for hydroxylation is 1. The zero-order chi connectivity index (χ0) is 32.4. The Kier molecular flexibility index (Phi) is 9.09. The molecule has 1 unspecified atom stereocenters. The van der Waals surface area contributed by atoms with Gasteiger partial charge in [0.25, 0.3) is 0 Å². The zero-order valence-corrected chi connectivity index (χ0v) is 26.8. The number of halogens is 1. The molecule has 0 N–H and O–H groups in total. The van der Waals surface area contributed by atoms with Crippen LogP contribution in [0.25, 0.3) is 22.2 Å². The van der Waals surface area contributed by atoms with Crippen molar-refractivity contribution in [3.05, 3.63) is 82.5 Å². The number of carbonyl (C=O) groups excluding carboxylic acids is 1. The van der Waals surface area contributed by atoms with E-state index in [0.29, 0.717) is 41.2 Å². The van der Waals surface area contributed by atoms with Crippen LogP contribution in [0.2, 0.25) is 0 Å². The van der Waals surface area contributed by atoms with E-state index in [1.54, 1.807) is 22.6 Å². The van der Waals surface area contributed by atoms with Crippen LogP contribution in [-0.4, -0.2) is 53.4 Å². The fourth-order valence-corrected chi connectivity index (χ4v) is 5.62. The van der Waals surface area contributed by atoms with Crippen LogP contribution < -0.4 is 15.2 Å². The van der Waals surface area contributed by atoms with Gasteiger partial charge in [-0.15, -0.1) is 0 Å². The number of ether oxygens (including phenoxy) is 2. The molecule has 45 heavy (non-hydrogen) atoms. The minimum absolute atomic E-state index is 0.0136. The highest BCUT2D eigenvalue weighted by Crippen LogP contribution is 2.43. The molecule has 1 amide bonds. The van der Waals surface area contributed by atoms with Gasteiger partial charge in [-0.2, -0.15) is 4.98 Å². The second-order valence-electron chi connectivity index (χ2n) is 13.0. The van der Waals surface area contributed by atoms with E-state index < -0.39 is 16.5 Å². The molecule has 4 aromatic rings. The predicted octanol–water partition coefficient (Wildman–Crippen LogP) is 6.97. The number of hydrogen-bond acceptors (Lipinski definition) is 6. The minimum atomic E-state index is -0.465. The summed E-state index contributed by atoms with van der Waals surface area (Å²) in [6.45, 7) is 11.7. The van der Waals surface area contributed by atoms with Gasteiger partial charge >= 0.3 is 5.69 Å². The normalized spacial score (nSPS) is 15.6. The Morgan fingerprint density at radius 1 is 1.04 bits per heavy atom. The highest BCUT2D eigenvalue weighted by Gasteiger charge is 2.39. The number of fused-ring (bicyclic) bond motifs is 1. The van der Waals surface area contributed by atoms with E-state index in [1.165, 1.54) is 12.1 Å². The molecule has 2 heterocycles. The van der Waals surface area contributed by atoms with Gasteiger partial charge in [0.05, 0.1) is 36.7 Å². The maximum Gasteiger partial charge on any atom is 0.348 e.